The zero-order chi connectivity index (χ0) is 29.8. The fourth-order valence-electron chi connectivity index (χ4n) is 5.28. The van der Waals surface area contributed by atoms with Gasteiger partial charge in [0.15, 0.2) is 17.3 Å². The summed E-state index contributed by atoms with van der Waals surface area (Å²) in [5.41, 5.74) is -2.21. The highest BCUT2D eigenvalue weighted by atomic mass is 19.4. The minimum atomic E-state index is -4.88. The van der Waals surface area contributed by atoms with Crippen molar-refractivity contribution in [2.45, 2.75) is 56.7 Å². The van der Waals surface area contributed by atoms with Gasteiger partial charge in [0.1, 0.15) is 0 Å². The van der Waals surface area contributed by atoms with Crippen molar-refractivity contribution in [2.75, 3.05) is 50.9 Å². The van der Waals surface area contributed by atoms with Gasteiger partial charge in [0.2, 0.25) is 12.1 Å². The molecule has 1 aliphatic heterocycles. The first kappa shape index (κ1) is 30.6. The van der Waals surface area contributed by atoms with E-state index < -0.39 is 47.5 Å². The molecule has 41 heavy (non-hydrogen) atoms. The zero-order valence-electron chi connectivity index (χ0n) is 22.9. The summed E-state index contributed by atoms with van der Waals surface area (Å²) < 4.78 is 76.2. The molecule has 0 atom stereocenters. The Bertz CT molecular complexity index is 1210. The van der Waals surface area contributed by atoms with Crippen LogP contribution in [0.4, 0.5) is 44.0 Å². The van der Waals surface area contributed by atoms with Crippen LogP contribution in [0.25, 0.3) is 5.32 Å². The second-order valence-corrected chi connectivity index (χ2v) is 10.9. The largest absolute Gasteiger partial charge is 0.424 e. The number of likely N-dealkylation sites (tertiary alicyclic amines) is 1. The predicted molar refractivity (Wildman–Crippen MR) is 139 cm³/mol. The Morgan fingerprint density at radius 3 is 2.29 bits per heavy atom. The van der Waals surface area contributed by atoms with E-state index >= 15 is 0 Å². The summed E-state index contributed by atoms with van der Waals surface area (Å²) in [6.45, 7) is 0.984. The second-order valence-electron chi connectivity index (χ2n) is 10.9. The van der Waals surface area contributed by atoms with Crippen LogP contribution in [0, 0.1) is 5.92 Å². The van der Waals surface area contributed by atoms with E-state index in [1.165, 1.54) is 11.1 Å². The van der Waals surface area contributed by atoms with Crippen molar-refractivity contribution in [1.29, 1.82) is 0 Å². The van der Waals surface area contributed by atoms with E-state index in [1.54, 1.807) is 4.68 Å². The fourth-order valence-corrected chi connectivity index (χ4v) is 5.28. The molecular weight excluding hydrogens is 553 g/mol. The number of aromatic nitrogens is 2. The highest BCUT2D eigenvalue weighted by Gasteiger charge is 2.41. The number of urea groups is 1. The maximum atomic E-state index is 14.5. The van der Waals surface area contributed by atoms with E-state index in [0.29, 0.717) is 31.1 Å². The lowest BCUT2D eigenvalue weighted by molar-refractivity contribution is -0.787. The predicted octanol–water partition coefficient (Wildman–Crippen LogP) is 5.18. The quantitative estimate of drug-likeness (QED) is 0.309. The molecule has 1 aromatic carbocycles. The van der Waals surface area contributed by atoms with Gasteiger partial charge in [-0.15, -0.1) is 0 Å². The first-order valence-electron chi connectivity index (χ1n) is 13.5. The summed E-state index contributed by atoms with van der Waals surface area (Å²) in [6.07, 6.45) is 1.78. The Kier molecular flexibility index (Phi) is 9.47. The van der Waals surface area contributed by atoms with Crippen LogP contribution in [0.15, 0.2) is 28.9 Å². The number of carbonyl (C=O) groups excluding carboxylic acids is 2. The first-order chi connectivity index (χ1) is 19.3. The number of hydrogen-bond acceptors (Lipinski definition) is 6. The summed E-state index contributed by atoms with van der Waals surface area (Å²) >= 11 is 0. The number of nitrogens with one attached hydrogen (secondary N) is 2. The lowest BCUT2D eigenvalue weighted by Gasteiger charge is -2.26. The van der Waals surface area contributed by atoms with Crippen LogP contribution in [-0.4, -0.2) is 73.2 Å². The Balaban J connectivity index is 1.38. The molecule has 1 aromatic heterocycles. The summed E-state index contributed by atoms with van der Waals surface area (Å²) in [5.74, 6) is -5.14. The monoisotopic (exact) mass is 587 g/mol. The molecular formula is C26H34F5N7O3. The third kappa shape index (κ3) is 8.58. The van der Waals surface area contributed by atoms with Crippen molar-refractivity contribution in [3.63, 3.8) is 0 Å². The van der Waals surface area contributed by atoms with Gasteiger partial charge >= 0.3 is 12.1 Å². The smallest absolute Gasteiger partial charge is 0.416 e. The molecule has 2 heterocycles. The van der Waals surface area contributed by atoms with Crippen molar-refractivity contribution >= 4 is 29.2 Å². The van der Waals surface area contributed by atoms with Crippen molar-refractivity contribution in [2.24, 2.45) is 5.92 Å². The normalized spacial score (nSPS) is 20.3. The molecule has 1 aliphatic carbocycles. The molecule has 226 valence electrons. The summed E-state index contributed by atoms with van der Waals surface area (Å²) in [4.78, 5) is 28.3. The molecule has 1 saturated carbocycles. The number of rotatable bonds is 9. The third-order valence-corrected chi connectivity index (χ3v) is 7.22. The molecule has 0 spiro atoms. The van der Waals surface area contributed by atoms with Gasteiger partial charge in [-0.2, -0.15) is 22.0 Å². The number of hydrogen-bond donors (Lipinski definition) is 2. The minimum absolute atomic E-state index is 0.0717. The van der Waals surface area contributed by atoms with E-state index in [-0.39, 0.29) is 11.9 Å². The number of nitrogens with zero attached hydrogens (tertiary/aromatic N) is 5. The SMILES string of the molecule is CN(C)CC1CCC([n+]2cc([N-]C(=O)Nc3cc(NC(=O)C(F)(F)CN4CCCC4)cc(C(F)(F)F)c3)on2)CC1. The first-order valence-corrected chi connectivity index (χ1v) is 13.5. The molecule has 4 rings (SSSR count). The Morgan fingerprint density at radius 2 is 1.68 bits per heavy atom. The third-order valence-electron chi connectivity index (χ3n) is 7.22. The van der Waals surface area contributed by atoms with E-state index in [2.05, 4.69) is 20.8 Å². The number of alkyl halides is 5. The summed E-state index contributed by atoms with van der Waals surface area (Å²) in [5, 5.41) is 11.7. The van der Waals surface area contributed by atoms with Gasteiger partial charge in [-0.1, -0.05) is 4.68 Å². The summed E-state index contributed by atoms with van der Waals surface area (Å²) in [7, 11) is 4.06. The molecule has 2 N–H and O–H groups in total. The molecule has 2 fully saturated rings. The standard InChI is InChI=1S/C26H34F5N7O3/c1-36(2)14-17-5-7-21(8-6-17)38-15-22(41-35-38)34-24(40)33-20-12-18(26(29,30)31)11-19(13-20)32-23(39)25(27,28)16-37-9-3-4-10-37/h11-13,15,17,21H,3-10,14,16H2,1-2H3,(H2-,32,33,34,35,39,40). The van der Waals surface area contributed by atoms with Crippen molar-refractivity contribution in [3.8, 4) is 0 Å². The Morgan fingerprint density at radius 1 is 1.05 bits per heavy atom. The minimum Gasteiger partial charge on any atom is -0.424 e. The van der Waals surface area contributed by atoms with Gasteiger partial charge in [0, 0.05) is 25.1 Å². The average molecular weight is 588 g/mol. The number of carbonyl (C=O) groups is 2. The van der Waals surface area contributed by atoms with Crippen LogP contribution >= 0.6 is 0 Å². The van der Waals surface area contributed by atoms with E-state index in [4.69, 9.17) is 4.52 Å². The van der Waals surface area contributed by atoms with Crippen molar-refractivity contribution < 1.29 is 40.7 Å². The average Bonchev–Trinajstić information content (AvgIpc) is 3.55. The van der Waals surface area contributed by atoms with E-state index in [0.717, 1.165) is 51.1 Å². The maximum Gasteiger partial charge on any atom is 0.416 e. The van der Waals surface area contributed by atoms with E-state index in [1.807, 2.05) is 19.4 Å². The van der Waals surface area contributed by atoms with Crippen LogP contribution in [0.2, 0.25) is 0 Å². The van der Waals surface area contributed by atoms with Crippen LogP contribution in [-0.2, 0) is 11.0 Å². The molecule has 2 aromatic rings. The number of halogens is 5. The number of anilines is 2. The molecule has 0 bridgehead atoms. The lowest BCUT2D eigenvalue weighted by atomic mass is 9.86. The highest BCUT2D eigenvalue weighted by molar-refractivity contribution is 6.04. The molecule has 10 nitrogen and oxygen atoms in total. The van der Waals surface area contributed by atoms with Gasteiger partial charge in [0.05, 0.1) is 12.1 Å². The van der Waals surface area contributed by atoms with Gasteiger partial charge in [0.25, 0.3) is 5.91 Å². The molecule has 0 radical (unpaired) electrons. The van der Waals surface area contributed by atoms with Crippen LogP contribution < -0.4 is 15.3 Å². The molecule has 3 amide bonds. The fraction of sp³-hybridized carbons (Fsp3) is 0.615. The number of amides is 3. The van der Waals surface area contributed by atoms with Gasteiger partial charge < -0.3 is 25.4 Å². The van der Waals surface area contributed by atoms with Gasteiger partial charge in [-0.25, -0.2) is 0 Å². The zero-order valence-corrected chi connectivity index (χ0v) is 22.9. The number of benzene rings is 1. The van der Waals surface area contributed by atoms with Crippen LogP contribution in [0.3, 0.4) is 0 Å². The Labute approximate surface area is 234 Å². The van der Waals surface area contributed by atoms with Crippen molar-refractivity contribution in [1.82, 2.24) is 15.1 Å². The Hall–Kier alpha value is -3.33. The maximum absolute atomic E-state index is 14.5. The van der Waals surface area contributed by atoms with Gasteiger partial charge in [-0.3, -0.25) is 14.5 Å². The molecule has 2 aliphatic rings. The molecule has 0 unspecified atom stereocenters. The lowest BCUT2D eigenvalue weighted by Crippen LogP contribution is -2.44. The van der Waals surface area contributed by atoms with Crippen molar-refractivity contribution in [3.05, 3.63) is 35.3 Å². The highest BCUT2D eigenvalue weighted by Crippen LogP contribution is 2.35. The second kappa shape index (κ2) is 12.7. The summed E-state index contributed by atoms with van der Waals surface area (Å²) in [6, 6.07) is 1.07. The van der Waals surface area contributed by atoms with Crippen LogP contribution in [0.1, 0.15) is 50.1 Å². The molecule has 1 saturated heterocycles. The van der Waals surface area contributed by atoms with E-state index in [9.17, 15) is 31.5 Å². The topological polar surface area (TPSA) is 109 Å². The molecule has 15 heteroatoms. The van der Waals surface area contributed by atoms with Crippen LogP contribution in [0.5, 0.6) is 0 Å². The van der Waals surface area contributed by atoms with Gasteiger partial charge in [-0.05, 0) is 82.7 Å².